The second-order valence-electron chi connectivity index (χ2n) is 8.84. The van der Waals surface area contributed by atoms with Gasteiger partial charge in [0, 0.05) is 0 Å². The first-order valence-electron chi connectivity index (χ1n) is 10.9. The van der Waals surface area contributed by atoms with E-state index in [1.165, 1.54) is 24.3 Å². The number of hydrogen-bond acceptors (Lipinski definition) is 7. The van der Waals surface area contributed by atoms with Crippen LogP contribution in [0.4, 0.5) is 10.5 Å². The summed E-state index contributed by atoms with van der Waals surface area (Å²) < 4.78 is 42.3. The molecule has 0 radical (unpaired) electrons. The molecule has 0 aliphatic heterocycles. The third-order valence-corrected chi connectivity index (χ3v) is 6.52. The fourth-order valence-electron chi connectivity index (χ4n) is 3.01. The number of benzene rings is 3. The van der Waals surface area contributed by atoms with E-state index in [9.17, 15) is 18.0 Å². The van der Waals surface area contributed by atoms with Gasteiger partial charge in [-0.3, -0.25) is 5.32 Å². The number of rotatable bonds is 7. The smallest absolute Gasteiger partial charge is 0.411 e. The van der Waals surface area contributed by atoms with E-state index >= 15 is 0 Å². The normalized spacial score (nSPS) is 11.5. The molecule has 0 saturated carbocycles. The maximum Gasteiger partial charge on any atom is 0.411 e. The highest BCUT2D eigenvalue weighted by molar-refractivity contribution is 9.10. The molecule has 10 heteroatoms. The molecular weight excluding hydrogens is 550 g/mol. The van der Waals surface area contributed by atoms with Crippen LogP contribution >= 0.6 is 15.9 Å². The van der Waals surface area contributed by atoms with Crippen molar-refractivity contribution in [3.8, 4) is 5.75 Å². The number of esters is 1. The summed E-state index contributed by atoms with van der Waals surface area (Å²) in [4.78, 5) is 25.6. The minimum absolute atomic E-state index is 0.00384. The van der Waals surface area contributed by atoms with Gasteiger partial charge in [-0.2, -0.15) is 8.42 Å². The van der Waals surface area contributed by atoms with Gasteiger partial charge in [0.05, 0.1) is 10.2 Å². The van der Waals surface area contributed by atoms with Crippen LogP contribution in [-0.4, -0.2) is 26.1 Å². The van der Waals surface area contributed by atoms with Crippen molar-refractivity contribution in [1.29, 1.82) is 0 Å². The molecule has 3 aromatic carbocycles. The monoisotopic (exact) mass is 575 g/mol. The van der Waals surface area contributed by atoms with Crippen molar-refractivity contribution in [1.82, 2.24) is 0 Å². The minimum atomic E-state index is -4.33. The van der Waals surface area contributed by atoms with Gasteiger partial charge in [0.15, 0.2) is 5.75 Å². The first kappa shape index (κ1) is 27.2. The van der Waals surface area contributed by atoms with E-state index in [2.05, 4.69) is 21.2 Å². The highest BCUT2D eigenvalue weighted by atomic mass is 79.9. The van der Waals surface area contributed by atoms with Gasteiger partial charge in [-0.1, -0.05) is 48.0 Å². The minimum Gasteiger partial charge on any atom is -0.456 e. The lowest BCUT2D eigenvalue weighted by Crippen LogP contribution is -2.26. The molecule has 0 bridgehead atoms. The van der Waals surface area contributed by atoms with Crippen LogP contribution < -0.4 is 9.50 Å². The molecule has 0 aliphatic carbocycles. The number of halogens is 1. The molecule has 190 valence electrons. The summed E-state index contributed by atoms with van der Waals surface area (Å²) in [5.74, 6) is -1.22. The first-order valence-corrected chi connectivity index (χ1v) is 13.1. The Morgan fingerprint density at radius 3 is 2.19 bits per heavy atom. The van der Waals surface area contributed by atoms with Gasteiger partial charge in [-0.25, -0.2) is 9.59 Å². The van der Waals surface area contributed by atoms with E-state index in [4.69, 9.17) is 13.7 Å². The lowest BCUT2D eigenvalue weighted by Gasteiger charge is -2.22. The van der Waals surface area contributed by atoms with Crippen LogP contribution in [0.3, 0.4) is 0 Å². The fourth-order valence-corrected chi connectivity index (χ4v) is 4.48. The van der Waals surface area contributed by atoms with E-state index < -0.39 is 27.8 Å². The zero-order valence-corrected chi connectivity index (χ0v) is 22.6. The summed E-state index contributed by atoms with van der Waals surface area (Å²) in [7, 11) is -4.33. The molecular formula is C26H26BrNO7S. The van der Waals surface area contributed by atoms with Gasteiger partial charge in [-0.05, 0) is 73.5 Å². The second-order valence-corrected chi connectivity index (χ2v) is 11.2. The Kier molecular flexibility index (Phi) is 8.42. The van der Waals surface area contributed by atoms with Gasteiger partial charge in [-0.15, -0.1) is 0 Å². The Balaban J connectivity index is 1.97. The average molecular weight is 576 g/mol. The van der Waals surface area contributed by atoms with Gasteiger partial charge in [0.1, 0.15) is 22.7 Å². The third kappa shape index (κ3) is 7.32. The summed E-state index contributed by atoms with van der Waals surface area (Å²) in [6.07, 6.45) is -0.849. The van der Waals surface area contributed by atoms with E-state index in [1.807, 2.05) is 25.1 Å². The number of anilines is 1. The van der Waals surface area contributed by atoms with Crippen molar-refractivity contribution >= 4 is 43.8 Å². The van der Waals surface area contributed by atoms with Crippen LogP contribution in [0, 0.1) is 6.92 Å². The topological polar surface area (TPSA) is 108 Å². The lowest BCUT2D eigenvalue weighted by molar-refractivity contribution is 0.00691. The van der Waals surface area contributed by atoms with Gasteiger partial charge in [0.2, 0.25) is 0 Å². The second kappa shape index (κ2) is 11.1. The molecule has 0 unspecified atom stereocenters. The number of hydrogen-bond donors (Lipinski definition) is 1. The molecule has 0 heterocycles. The third-order valence-electron chi connectivity index (χ3n) is 4.66. The zero-order chi connectivity index (χ0) is 26.5. The Morgan fingerprint density at radius 2 is 1.58 bits per heavy atom. The number of amides is 1. The van der Waals surface area contributed by atoms with Crippen LogP contribution in [0.2, 0.25) is 0 Å². The first-order chi connectivity index (χ1) is 16.9. The van der Waals surface area contributed by atoms with E-state index in [0.717, 1.165) is 11.1 Å². The summed E-state index contributed by atoms with van der Waals surface area (Å²) in [5.41, 5.74) is 0.400. The molecule has 0 atom stereocenters. The van der Waals surface area contributed by atoms with Crippen LogP contribution in [-0.2, 0) is 26.2 Å². The van der Waals surface area contributed by atoms with Crippen molar-refractivity contribution in [2.75, 3.05) is 5.32 Å². The molecule has 0 aliphatic rings. The lowest BCUT2D eigenvalue weighted by atomic mass is 10.1. The molecule has 8 nitrogen and oxygen atoms in total. The highest BCUT2D eigenvalue weighted by Crippen LogP contribution is 2.38. The van der Waals surface area contributed by atoms with Crippen LogP contribution in [0.5, 0.6) is 5.75 Å². The molecule has 1 N–H and O–H groups in total. The van der Waals surface area contributed by atoms with Crippen molar-refractivity contribution in [3.63, 3.8) is 0 Å². The Bertz CT molecular complexity index is 1350. The zero-order valence-electron chi connectivity index (χ0n) is 20.2. The predicted octanol–water partition coefficient (Wildman–Crippen LogP) is 6.23. The molecule has 0 fully saturated rings. The standard InChI is InChI=1S/C26H26BrNO7S/c1-17-10-12-19(13-11-17)36(31,32)35-23-20(27)14-15-21(22(23)24(29)34-26(2,3)4)28-25(30)33-16-18-8-6-5-7-9-18/h5-15H,16H2,1-4H3,(H,28,30). The molecule has 0 aromatic heterocycles. The van der Waals surface area contributed by atoms with Crippen LogP contribution in [0.15, 0.2) is 76.1 Å². The molecule has 1 amide bonds. The van der Waals surface area contributed by atoms with E-state index in [1.54, 1.807) is 45.0 Å². The number of carbonyl (C=O) groups excluding carboxylic acids is 2. The van der Waals surface area contributed by atoms with Crippen molar-refractivity contribution < 1.29 is 31.7 Å². The molecule has 36 heavy (non-hydrogen) atoms. The fraction of sp³-hybridized carbons (Fsp3) is 0.231. The number of carbonyl (C=O) groups is 2. The summed E-state index contributed by atoms with van der Waals surface area (Å²) >= 11 is 3.25. The van der Waals surface area contributed by atoms with Crippen molar-refractivity contribution in [2.24, 2.45) is 0 Å². The van der Waals surface area contributed by atoms with Crippen LogP contribution in [0.25, 0.3) is 0 Å². The van der Waals surface area contributed by atoms with Crippen molar-refractivity contribution in [3.05, 3.63) is 87.9 Å². The van der Waals surface area contributed by atoms with Gasteiger partial charge < -0.3 is 13.7 Å². The van der Waals surface area contributed by atoms with Gasteiger partial charge >= 0.3 is 22.2 Å². The average Bonchev–Trinajstić information content (AvgIpc) is 2.79. The SMILES string of the molecule is Cc1ccc(S(=O)(=O)Oc2c(Br)ccc(NC(=O)OCc3ccccc3)c2C(=O)OC(C)(C)C)cc1. The number of nitrogens with one attached hydrogen (secondary N) is 1. The Morgan fingerprint density at radius 1 is 0.944 bits per heavy atom. The van der Waals surface area contributed by atoms with E-state index in [-0.39, 0.29) is 33.0 Å². The number of aryl methyl sites for hydroxylation is 1. The summed E-state index contributed by atoms with van der Waals surface area (Å²) in [5, 5.41) is 2.49. The Labute approximate surface area is 218 Å². The quantitative estimate of drug-likeness (QED) is 0.263. The van der Waals surface area contributed by atoms with Gasteiger partial charge in [0.25, 0.3) is 0 Å². The Hall–Kier alpha value is -3.37. The maximum atomic E-state index is 13.2. The molecule has 0 saturated heterocycles. The summed E-state index contributed by atoms with van der Waals surface area (Å²) in [6.45, 7) is 6.80. The van der Waals surface area contributed by atoms with Crippen LogP contribution in [0.1, 0.15) is 42.3 Å². The molecule has 0 spiro atoms. The van der Waals surface area contributed by atoms with E-state index in [0.29, 0.717) is 0 Å². The predicted molar refractivity (Wildman–Crippen MR) is 139 cm³/mol. The molecule has 3 aromatic rings. The number of ether oxygens (including phenoxy) is 2. The molecule has 3 rings (SSSR count). The maximum absolute atomic E-state index is 13.2. The van der Waals surface area contributed by atoms with Crippen molar-refractivity contribution in [2.45, 2.75) is 44.8 Å². The largest absolute Gasteiger partial charge is 0.456 e. The highest BCUT2D eigenvalue weighted by Gasteiger charge is 2.30. The summed E-state index contributed by atoms with van der Waals surface area (Å²) in [6, 6.07) is 17.9.